The highest BCUT2D eigenvalue weighted by Gasteiger charge is 2.12. The maximum atomic E-state index is 11.1. The van der Waals surface area contributed by atoms with Gasteiger partial charge in [-0.25, -0.2) is 0 Å². The van der Waals surface area contributed by atoms with Gasteiger partial charge in [-0.2, -0.15) is 0 Å². The molecular formula is C14H24O4. The number of ether oxygens (including phenoxy) is 2. The van der Waals surface area contributed by atoms with E-state index >= 15 is 0 Å². The highest BCUT2D eigenvalue weighted by Crippen LogP contribution is 1.97. The van der Waals surface area contributed by atoms with Gasteiger partial charge in [-0.1, -0.05) is 11.1 Å². The summed E-state index contributed by atoms with van der Waals surface area (Å²) in [5, 5.41) is 0. The highest BCUT2D eigenvalue weighted by atomic mass is 16.7. The van der Waals surface area contributed by atoms with Crippen LogP contribution in [0.25, 0.3) is 0 Å². The van der Waals surface area contributed by atoms with Gasteiger partial charge in [-0.05, 0) is 46.8 Å². The largest absolute Gasteiger partial charge is 0.349 e. The maximum Gasteiger partial charge on any atom is 0.221 e. The fourth-order valence-electron chi connectivity index (χ4n) is 1.09. The first-order valence-electron chi connectivity index (χ1n) is 5.64. The molecule has 0 aliphatic heterocycles. The van der Waals surface area contributed by atoms with Crippen LogP contribution < -0.4 is 0 Å². The van der Waals surface area contributed by atoms with Crippen LogP contribution in [0.4, 0.5) is 0 Å². The first-order chi connectivity index (χ1) is 8.24. The van der Waals surface area contributed by atoms with Crippen molar-refractivity contribution in [3.8, 4) is 0 Å². The minimum Gasteiger partial charge on any atom is -0.349 e. The third-order valence-corrected chi connectivity index (χ3v) is 1.58. The smallest absolute Gasteiger partial charge is 0.221 e. The summed E-state index contributed by atoms with van der Waals surface area (Å²) < 4.78 is 9.49. The Hall–Kier alpha value is -1.26. The first kappa shape index (κ1) is 19.1. The van der Waals surface area contributed by atoms with Gasteiger partial charge in [0.15, 0.2) is 5.78 Å². The van der Waals surface area contributed by atoms with Crippen LogP contribution in [0.2, 0.25) is 0 Å². The van der Waals surface area contributed by atoms with Crippen LogP contribution in [-0.4, -0.2) is 32.1 Å². The zero-order chi connectivity index (χ0) is 14.7. The van der Waals surface area contributed by atoms with Crippen LogP contribution >= 0.6 is 0 Å². The molecule has 0 fully saturated rings. The zero-order valence-corrected chi connectivity index (χ0v) is 12.4. The summed E-state index contributed by atoms with van der Waals surface area (Å²) in [5.74, 6) is -0.0324. The summed E-state index contributed by atoms with van der Waals surface area (Å²) in [4.78, 5) is 21.3. The lowest BCUT2D eigenvalue weighted by atomic mass is 10.2. The van der Waals surface area contributed by atoms with Gasteiger partial charge in [0, 0.05) is 14.2 Å². The fraction of sp³-hybridized carbons (Fsp3) is 0.571. The van der Waals surface area contributed by atoms with Crippen LogP contribution in [0.15, 0.2) is 23.3 Å². The molecule has 0 aromatic rings. The summed E-state index contributed by atoms with van der Waals surface area (Å²) in [7, 11) is 2.87. The molecule has 0 saturated carbocycles. The summed E-state index contributed by atoms with van der Waals surface area (Å²) in [6.45, 7) is 9.05. The van der Waals surface area contributed by atoms with Crippen molar-refractivity contribution >= 4 is 11.6 Å². The molecule has 0 bridgehead atoms. The van der Waals surface area contributed by atoms with Crippen molar-refractivity contribution in [3.05, 3.63) is 23.3 Å². The molecule has 0 atom stereocenters. The van der Waals surface area contributed by atoms with Crippen LogP contribution in [-0.2, 0) is 19.1 Å². The second-order valence-electron chi connectivity index (χ2n) is 4.26. The van der Waals surface area contributed by atoms with Crippen LogP contribution in [0.5, 0.6) is 0 Å². The number of hydrogen-bond donors (Lipinski definition) is 0. The van der Waals surface area contributed by atoms with Crippen molar-refractivity contribution in [2.24, 2.45) is 0 Å². The van der Waals surface area contributed by atoms with E-state index < -0.39 is 6.29 Å². The van der Waals surface area contributed by atoms with E-state index in [-0.39, 0.29) is 11.6 Å². The third kappa shape index (κ3) is 12.8. The highest BCUT2D eigenvalue weighted by molar-refractivity contribution is 5.93. The van der Waals surface area contributed by atoms with E-state index in [1.807, 2.05) is 27.7 Å². The molecule has 0 radical (unpaired) electrons. The van der Waals surface area contributed by atoms with Crippen molar-refractivity contribution in [2.75, 3.05) is 14.2 Å². The Morgan fingerprint density at radius 2 is 1.22 bits per heavy atom. The van der Waals surface area contributed by atoms with Gasteiger partial charge < -0.3 is 9.47 Å². The van der Waals surface area contributed by atoms with E-state index in [0.717, 1.165) is 11.1 Å². The van der Waals surface area contributed by atoms with Gasteiger partial charge >= 0.3 is 0 Å². The number of methoxy groups -OCH3 is 2. The molecule has 0 heterocycles. The SMILES string of the molecule is CC(=O)C=C(C)C.COC(OC)C(=O)C=C(C)C. The predicted octanol–water partition coefficient (Wildman–Crippen LogP) is 2.68. The standard InChI is InChI=1S/C8H14O3.C6H10O/c1-6(2)5-7(9)8(10-3)11-4;1-5(2)4-6(3)7/h5,8H,1-4H3;4H,1-3H3. The summed E-state index contributed by atoms with van der Waals surface area (Å²) in [6.07, 6.45) is 2.35. The number of ketones is 2. The van der Waals surface area contributed by atoms with E-state index in [2.05, 4.69) is 0 Å². The maximum absolute atomic E-state index is 11.1. The normalized spacial score (nSPS) is 9.11. The lowest BCUT2D eigenvalue weighted by Crippen LogP contribution is -2.23. The Morgan fingerprint density at radius 1 is 0.833 bits per heavy atom. The number of carbonyl (C=O) groups is 2. The molecule has 0 rings (SSSR count). The minimum absolute atomic E-state index is 0.125. The Balaban J connectivity index is 0. The Morgan fingerprint density at radius 3 is 1.39 bits per heavy atom. The topological polar surface area (TPSA) is 52.6 Å². The molecule has 0 spiro atoms. The molecule has 0 aliphatic carbocycles. The van der Waals surface area contributed by atoms with E-state index in [9.17, 15) is 9.59 Å². The predicted molar refractivity (Wildman–Crippen MR) is 72.4 cm³/mol. The van der Waals surface area contributed by atoms with Crippen molar-refractivity contribution in [1.82, 2.24) is 0 Å². The second kappa shape index (κ2) is 10.9. The minimum atomic E-state index is -0.759. The molecule has 0 aromatic carbocycles. The third-order valence-electron chi connectivity index (χ3n) is 1.58. The number of hydrogen-bond acceptors (Lipinski definition) is 4. The molecule has 18 heavy (non-hydrogen) atoms. The van der Waals surface area contributed by atoms with Gasteiger partial charge in [0.05, 0.1) is 0 Å². The quantitative estimate of drug-likeness (QED) is 0.560. The summed E-state index contributed by atoms with van der Waals surface area (Å²) in [6, 6.07) is 0. The molecular weight excluding hydrogens is 232 g/mol. The summed E-state index contributed by atoms with van der Waals surface area (Å²) >= 11 is 0. The molecule has 0 amide bonds. The molecule has 0 saturated heterocycles. The van der Waals surface area contributed by atoms with Crippen molar-refractivity contribution < 1.29 is 19.1 Å². The van der Waals surface area contributed by atoms with Crippen molar-refractivity contribution in [2.45, 2.75) is 40.9 Å². The van der Waals surface area contributed by atoms with Crippen molar-refractivity contribution in [3.63, 3.8) is 0 Å². The Labute approximate surface area is 110 Å². The Bertz CT molecular complexity index is 315. The summed E-state index contributed by atoms with van der Waals surface area (Å²) in [5.41, 5.74) is 2.00. The van der Waals surface area contributed by atoms with Crippen LogP contribution in [0.1, 0.15) is 34.6 Å². The number of allylic oxidation sites excluding steroid dienone is 3. The van der Waals surface area contributed by atoms with Gasteiger partial charge in [0.25, 0.3) is 0 Å². The van der Waals surface area contributed by atoms with Gasteiger partial charge in [0.2, 0.25) is 12.1 Å². The lowest BCUT2D eigenvalue weighted by Gasteiger charge is -2.08. The molecule has 0 N–H and O–H groups in total. The average Bonchev–Trinajstić information content (AvgIpc) is 2.16. The molecule has 4 heteroatoms. The van der Waals surface area contributed by atoms with Gasteiger partial charge in [-0.15, -0.1) is 0 Å². The number of carbonyl (C=O) groups excluding carboxylic acids is 2. The van der Waals surface area contributed by atoms with E-state index in [1.54, 1.807) is 13.0 Å². The molecule has 4 nitrogen and oxygen atoms in total. The van der Waals surface area contributed by atoms with E-state index in [4.69, 9.17) is 9.47 Å². The molecule has 0 aliphatic rings. The lowest BCUT2D eigenvalue weighted by molar-refractivity contribution is -0.151. The molecule has 104 valence electrons. The van der Waals surface area contributed by atoms with Crippen LogP contribution in [0, 0.1) is 0 Å². The molecule has 0 unspecified atom stereocenters. The second-order valence-corrected chi connectivity index (χ2v) is 4.26. The average molecular weight is 256 g/mol. The fourth-order valence-corrected chi connectivity index (χ4v) is 1.09. The Kier molecular flexibility index (Phi) is 11.5. The van der Waals surface area contributed by atoms with E-state index in [1.165, 1.54) is 20.3 Å². The zero-order valence-electron chi connectivity index (χ0n) is 12.4. The van der Waals surface area contributed by atoms with Crippen molar-refractivity contribution in [1.29, 1.82) is 0 Å². The monoisotopic (exact) mass is 256 g/mol. The van der Waals surface area contributed by atoms with Gasteiger partial charge in [0.1, 0.15) is 0 Å². The number of rotatable bonds is 5. The van der Waals surface area contributed by atoms with Gasteiger partial charge in [-0.3, -0.25) is 9.59 Å². The van der Waals surface area contributed by atoms with Crippen LogP contribution in [0.3, 0.4) is 0 Å². The first-order valence-corrected chi connectivity index (χ1v) is 5.64. The molecule has 0 aromatic heterocycles. The van der Waals surface area contributed by atoms with E-state index in [0.29, 0.717) is 0 Å².